The lowest BCUT2D eigenvalue weighted by Gasteiger charge is -2.36. The second kappa shape index (κ2) is 12.6. The third kappa shape index (κ3) is 7.77. The number of benzene rings is 1. The summed E-state index contributed by atoms with van der Waals surface area (Å²) < 4.78 is 5.15. The molecule has 158 valence electrons. The number of rotatable bonds is 7. The van der Waals surface area contributed by atoms with E-state index in [1.807, 2.05) is 20.0 Å². The molecular weight excluding hydrogens is 479 g/mol. The number of guanidine groups is 1. The SMILES string of the molecule is CN=C(NCCCc1nc(C)no1)N1CCN(CC=Cc2ccccc2)CC1.I. The van der Waals surface area contributed by atoms with Crippen LogP contribution in [0, 0.1) is 6.92 Å². The van der Waals surface area contributed by atoms with Crippen molar-refractivity contribution in [1.82, 2.24) is 25.3 Å². The summed E-state index contributed by atoms with van der Waals surface area (Å²) >= 11 is 0. The van der Waals surface area contributed by atoms with Gasteiger partial charge in [0.1, 0.15) is 0 Å². The van der Waals surface area contributed by atoms with Crippen LogP contribution in [0.15, 0.2) is 45.9 Å². The molecule has 8 heteroatoms. The first-order valence-electron chi connectivity index (χ1n) is 9.93. The third-order valence-corrected chi connectivity index (χ3v) is 4.78. The molecule has 1 fully saturated rings. The summed E-state index contributed by atoms with van der Waals surface area (Å²) in [6.45, 7) is 7.72. The van der Waals surface area contributed by atoms with Crippen LogP contribution >= 0.6 is 24.0 Å². The Morgan fingerprint density at radius 3 is 2.62 bits per heavy atom. The van der Waals surface area contributed by atoms with Gasteiger partial charge in [-0.05, 0) is 18.9 Å². The average Bonchev–Trinajstić information content (AvgIpc) is 3.15. The van der Waals surface area contributed by atoms with Crippen LogP contribution in [0.1, 0.15) is 23.7 Å². The number of nitrogens with zero attached hydrogens (tertiary/aromatic N) is 5. The van der Waals surface area contributed by atoms with Crippen LogP contribution in [-0.2, 0) is 6.42 Å². The van der Waals surface area contributed by atoms with Crippen molar-refractivity contribution in [2.24, 2.45) is 4.99 Å². The van der Waals surface area contributed by atoms with Crippen molar-refractivity contribution >= 4 is 36.0 Å². The van der Waals surface area contributed by atoms with Gasteiger partial charge in [0.15, 0.2) is 11.8 Å². The Hall–Kier alpha value is -1.94. The van der Waals surface area contributed by atoms with Crippen molar-refractivity contribution in [3.63, 3.8) is 0 Å². The van der Waals surface area contributed by atoms with E-state index in [0.717, 1.165) is 58.1 Å². The van der Waals surface area contributed by atoms with Crippen LogP contribution in [0.25, 0.3) is 6.08 Å². The fourth-order valence-corrected chi connectivity index (χ4v) is 3.26. The predicted octanol–water partition coefficient (Wildman–Crippen LogP) is 2.84. The molecule has 0 saturated carbocycles. The molecule has 0 atom stereocenters. The molecule has 1 saturated heterocycles. The average molecular weight is 510 g/mol. The number of aromatic nitrogens is 2. The van der Waals surface area contributed by atoms with Gasteiger partial charge >= 0.3 is 0 Å². The van der Waals surface area contributed by atoms with E-state index in [1.54, 1.807) is 0 Å². The zero-order valence-corrected chi connectivity index (χ0v) is 19.6. The lowest BCUT2D eigenvalue weighted by atomic mass is 10.2. The largest absolute Gasteiger partial charge is 0.356 e. The van der Waals surface area contributed by atoms with Gasteiger partial charge < -0.3 is 14.7 Å². The topological polar surface area (TPSA) is 69.8 Å². The molecule has 1 aliphatic rings. The first kappa shape index (κ1) is 23.3. The number of aryl methyl sites for hydroxylation is 2. The van der Waals surface area contributed by atoms with Crippen molar-refractivity contribution in [2.75, 3.05) is 46.3 Å². The Balaban J connectivity index is 0.00000300. The smallest absolute Gasteiger partial charge is 0.226 e. The Kier molecular flexibility index (Phi) is 10.1. The molecule has 7 nitrogen and oxygen atoms in total. The summed E-state index contributed by atoms with van der Waals surface area (Å²) in [6.07, 6.45) is 6.16. The second-order valence-electron chi connectivity index (χ2n) is 6.91. The maximum Gasteiger partial charge on any atom is 0.226 e. The molecule has 3 rings (SSSR count). The van der Waals surface area contributed by atoms with Crippen molar-refractivity contribution in [3.8, 4) is 0 Å². The van der Waals surface area contributed by atoms with E-state index in [2.05, 4.69) is 66.7 Å². The highest BCUT2D eigenvalue weighted by atomic mass is 127. The van der Waals surface area contributed by atoms with Gasteiger partial charge in [0.25, 0.3) is 0 Å². The summed E-state index contributed by atoms with van der Waals surface area (Å²) in [5, 5.41) is 7.27. The highest BCUT2D eigenvalue weighted by Crippen LogP contribution is 2.05. The molecule has 29 heavy (non-hydrogen) atoms. The van der Waals surface area contributed by atoms with E-state index in [0.29, 0.717) is 11.7 Å². The van der Waals surface area contributed by atoms with E-state index in [-0.39, 0.29) is 24.0 Å². The van der Waals surface area contributed by atoms with E-state index >= 15 is 0 Å². The lowest BCUT2D eigenvalue weighted by molar-refractivity contribution is 0.194. The quantitative estimate of drug-likeness (QED) is 0.268. The van der Waals surface area contributed by atoms with Crippen LogP contribution in [0.3, 0.4) is 0 Å². The van der Waals surface area contributed by atoms with Gasteiger partial charge in [-0.15, -0.1) is 24.0 Å². The standard InChI is InChI=1S/C21H30N6O.HI/c1-18-24-20(28-25-18)11-6-12-23-21(22-2)27-16-14-26(15-17-27)13-7-10-19-8-4-3-5-9-19;/h3-5,7-10H,6,11-17H2,1-2H3,(H,22,23);1H. The molecule has 2 aromatic rings. The minimum absolute atomic E-state index is 0. The van der Waals surface area contributed by atoms with Crippen molar-refractivity contribution in [1.29, 1.82) is 0 Å². The van der Waals surface area contributed by atoms with Gasteiger partial charge in [0.2, 0.25) is 5.89 Å². The molecule has 1 aromatic carbocycles. The van der Waals surface area contributed by atoms with Crippen LogP contribution < -0.4 is 5.32 Å². The van der Waals surface area contributed by atoms with E-state index in [9.17, 15) is 0 Å². The van der Waals surface area contributed by atoms with Crippen molar-refractivity contribution in [3.05, 3.63) is 53.7 Å². The Morgan fingerprint density at radius 2 is 1.97 bits per heavy atom. The molecule has 0 bridgehead atoms. The van der Waals surface area contributed by atoms with Crippen LogP contribution in [0.2, 0.25) is 0 Å². The van der Waals surface area contributed by atoms with E-state index in [1.165, 1.54) is 5.56 Å². The molecular formula is C21H31IN6O. The van der Waals surface area contributed by atoms with Crippen LogP contribution in [0.4, 0.5) is 0 Å². The fraction of sp³-hybridized carbons (Fsp3) is 0.476. The summed E-state index contributed by atoms with van der Waals surface area (Å²) in [6, 6.07) is 10.4. The molecule has 0 radical (unpaired) electrons. The molecule has 0 unspecified atom stereocenters. The number of aliphatic imine (C=N–C) groups is 1. The van der Waals surface area contributed by atoms with E-state index < -0.39 is 0 Å². The summed E-state index contributed by atoms with van der Waals surface area (Å²) in [7, 11) is 1.85. The fourth-order valence-electron chi connectivity index (χ4n) is 3.26. The van der Waals surface area contributed by atoms with Crippen LogP contribution in [0.5, 0.6) is 0 Å². The van der Waals surface area contributed by atoms with Gasteiger partial charge in [-0.2, -0.15) is 4.98 Å². The molecule has 1 aliphatic heterocycles. The molecule has 1 N–H and O–H groups in total. The molecule has 0 spiro atoms. The normalized spacial score (nSPS) is 15.5. The summed E-state index contributed by atoms with van der Waals surface area (Å²) in [5.41, 5.74) is 1.25. The lowest BCUT2D eigenvalue weighted by Crippen LogP contribution is -2.52. The number of hydrogen-bond acceptors (Lipinski definition) is 5. The van der Waals surface area contributed by atoms with Crippen molar-refractivity contribution < 1.29 is 4.52 Å². The maximum absolute atomic E-state index is 5.15. The first-order valence-corrected chi connectivity index (χ1v) is 9.93. The molecule has 0 amide bonds. The molecule has 1 aromatic heterocycles. The minimum atomic E-state index is 0. The van der Waals surface area contributed by atoms with Gasteiger partial charge in [-0.25, -0.2) is 0 Å². The first-order chi connectivity index (χ1) is 13.7. The number of nitrogens with one attached hydrogen (secondary N) is 1. The number of halogens is 1. The minimum Gasteiger partial charge on any atom is -0.356 e. The van der Waals surface area contributed by atoms with Gasteiger partial charge in [-0.3, -0.25) is 9.89 Å². The second-order valence-corrected chi connectivity index (χ2v) is 6.91. The maximum atomic E-state index is 5.15. The van der Waals surface area contributed by atoms with E-state index in [4.69, 9.17) is 4.52 Å². The highest BCUT2D eigenvalue weighted by molar-refractivity contribution is 14.0. The zero-order chi connectivity index (χ0) is 19.6. The van der Waals surface area contributed by atoms with Gasteiger partial charge in [0.05, 0.1) is 0 Å². The summed E-state index contributed by atoms with van der Waals surface area (Å²) in [4.78, 5) is 13.5. The zero-order valence-electron chi connectivity index (χ0n) is 17.3. The number of hydrogen-bond donors (Lipinski definition) is 1. The molecule has 0 aliphatic carbocycles. The highest BCUT2D eigenvalue weighted by Gasteiger charge is 2.18. The van der Waals surface area contributed by atoms with Gasteiger partial charge in [-0.1, -0.05) is 47.6 Å². The number of piperazine rings is 1. The molecule has 2 heterocycles. The van der Waals surface area contributed by atoms with Crippen LogP contribution in [-0.4, -0.2) is 72.2 Å². The monoisotopic (exact) mass is 510 g/mol. The Bertz CT molecular complexity index is 768. The predicted molar refractivity (Wildman–Crippen MR) is 128 cm³/mol. The Morgan fingerprint density at radius 1 is 1.21 bits per heavy atom. The summed E-state index contributed by atoms with van der Waals surface area (Å²) in [5.74, 6) is 2.36. The van der Waals surface area contributed by atoms with Crippen molar-refractivity contribution in [2.45, 2.75) is 19.8 Å². The third-order valence-electron chi connectivity index (χ3n) is 4.78. The Labute approximate surface area is 190 Å². The van der Waals surface area contributed by atoms with Gasteiger partial charge in [0, 0.05) is 52.7 Å².